The molecule has 0 aromatic carbocycles. The van der Waals surface area contributed by atoms with Gasteiger partial charge in [-0.25, -0.2) is 4.98 Å². The Hall–Kier alpha value is -2.11. The molecule has 24 heavy (non-hydrogen) atoms. The van der Waals surface area contributed by atoms with Gasteiger partial charge in [0, 0.05) is 25.3 Å². The van der Waals surface area contributed by atoms with E-state index in [1.807, 2.05) is 6.07 Å². The lowest BCUT2D eigenvalue weighted by molar-refractivity contribution is -0.132. The van der Waals surface area contributed by atoms with Crippen molar-refractivity contribution in [3.8, 4) is 5.88 Å². The Labute approximate surface area is 141 Å². The Balaban J connectivity index is 1.60. The van der Waals surface area contributed by atoms with Crippen LogP contribution in [0.4, 0.5) is 0 Å². The van der Waals surface area contributed by atoms with E-state index in [-0.39, 0.29) is 11.8 Å². The second kappa shape index (κ2) is 5.76. The van der Waals surface area contributed by atoms with Gasteiger partial charge in [-0.2, -0.15) is 0 Å². The van der Waals surface area contributed by atoms with Gasteiger partial charge in [-0.05, 0) is 50.2 Å². The van der Waals surface area contributed by atoms with Gasteiger partial charge in [0.15, 0.2) is 0 Å². The second-order valence-electron chi connectivity index (χ2n) is 7.12. The summed E-state index contributed by atoms with van der Waals surface area (Å²) in [5.41, 5.74) is 2.34. The highest BCUT2D eigenvalue weighted by Gasteiger charge is 2.47. The number of aromatic nitrogens is 1. The van der Waals surface area contributed by atoms with Crippen LogP contribution in [0.3, 0.4) is 0 Å². The zero-order valence-corrected chi connectivity index (χ0v) is 14.1. The van der Waals surface area contributed by atoms with E-state index in [0.29, 0.717) is 24.5 Å². The molecule has 6 heteroatoms. The van der Waals surface area contributed by atoms with Crippen LogP contribution in [0.2, 0.25) is 0 Å². The third-order valence-corrected chi connectivity index (χ3v) is 5.68. The average Bonchev–Trinajstić information content (AvgIpc) is 3.23. The predicted octanol–water partition coefficient (Wildman–Crippen LogP) is 1.32. The summed E-state index contributed by atoms with van der Waals surface area (Å²) in [6, 6.07) is 1.95. The maximum absolute atomic E-state index is 13.0. The number of rotatable bonds is 2. The summed E-state index contributed by atoms with van der Waals surface area (Å²) in [6.07, 6.45) is 5.59. The molecule has 2 aliphatic heterocycles. The first-order valence-corrected chi connectivity index (χ1v) is 8.77. The Bertz CT molecular complexity index is 703. The maximum atomic E-state index is 13.0. The number of carbonyl (C=O) groups excluding carboxylic acids is 2. The van der Waals surface area contributed by atoms with Crippen molar-refractivity contribution in [2.75, 3.05) is 26.7 Å². The molecule has 0 unspecified atom stereocenters. The number of piperidine rings is 1. The minimum Gasteiger partial charge on any atom is -0.480 e. The SMILES string of the molecule is COc1nc2c(cc1C(=O)N1CC[C@]3(CCCNC3=O)C1)CCC2. The molecular formula is C18H23N3O3. The van der Waals surface area contributed by atoms with Crippen LogP contribution < -0.4 is 10.1 Å². The fraction of sp³-hybridized carbons (Fsp3) is 0.611. The predicted molar refractivity (Wildman–Crippen MR) is 88.0 cm³/mol. The molecule has 2 saturated heterocycles. The first-order chi connectivity index (χ1) is 11.6. The summed E-state index contributed by atoms with van der Waals surface area (Å²) < 4.78 is 5.37. The molecule has 4 rings (SSSR count). The Kier molecular flexibility index (Phi) is 3.70. The molecule has 1 spiro atoms. The highest BCUT2D eigenvalue weighted by Crippen LogP contribution is 2.38. The molecule has 0 radical (unpaired) electrons. The van der Waals surface area contributed by atoms with Gasteiger partial charge in [-0.15, -0.1) is 0 Å². The Morgan fingerprint density at radius 2 is 2.21 bits per heavy atom. The highest BCUT2D eigenvalue weighted by atomic mass is 16.5. The lowest BCUT2D eigenvalue weighted by Crippen LogP contribution is -2.47. The number of carbonyl (C=O) groups is 2. The number of nitrogens with one attached hydrogen (secondary N) is 1. The standard InChI is InChI=1S/C18H23N3O3/c1-24-15-13(10-12-4-2-5-14(12)20-15)16(22)21-9-7-18(11-21)6-3-8-19-17(18)23/h10H,2-9,11H2,1H3,(H,19,23)/t18-/m1/s1. The second-order valence-corrected chi connectivity index (χ2v) is 7.12. The topological polar surface area (TPSA) is 71.5 Å². The number of amides is 2. The average molecular weight is 329 g/mol. The van der Waals surface area contributed by atoms with Crippen LogP contribution in [-0.2, 0) is 17.6 Å². The van der Waals surface area contributed by atoms with Crippen molar-refractivity contribution in [3.05, 3.63) is 22.9 Å². The molecule has 3 heterocycles. The fourth-order valence-electron chi connectivity index (χ4n) is 4.30. The van der Waals surface area contributed by atoms with Crippen molar-refractivity contribution in [1.29, 1.82) is 0 Å². The molecule has 1 N–H and O–H groups in total. The minimum absolute atomic E-state index is 0.0655. The van der Waals surface area contributed by atoms with Crippen molar-refractivity contribution in [2.45, 2.75) is 38.5 Å². The normalized spacial score (nSPS) is 25.7. The van der Waals surface area contributed by atoms with Gasteiger partial charge in [0.05, 0.1) is 12.5 Å². The zero-order chi connectivity index (χ0) is 16.7. The lowest BCUT2D eigenvalue weighted by Gasteiger charge is -2.32. The van der Waals surface area contributed by atoms with E-state index < -0.39 is 5.41 Å². The van der Waals surface area contributed by atoms with Gasteiger partial charge < -0.3 is 15.0 Å². The van der Waals surface area contributed by atoms with Crippen LogP contribution in [0.1, 0.15) is 47.3 Å². The van der Waals surface area contributed by atoms with Gasteiger partial charge in [0.2, 0.25) is 11.8 Å². The van der Waals surface area contributed by atoms with Gasteiger partial charge in [-0.3, -0.25) is 9.59 Å². The van der Waals surface area contributed by atoms with Crippen LogP contribution in [0, 0.1) is 5.41 Å². The van der Waals surface area contributed by atoms with Crippen LogP contribution in [0.5, 0.6) is 5.88 Å². The Morgan fingerprint density at radius 3 is 3.00 bits per heavy atom. The number of hydrogen-bond donors (Lipinski definition) is 1. The number of methoxy groups -OCH3 is 1. The Morgan fingerprint density at radius 1 is 1.33 bits per heavy atom. The first-order valence-electron chi connectivity index (χ1n) is 8.77. The van der Waals surface area contributed by atoms with E-state index in [1.54, 1.807) is 12.0 Å². The van der Waals surface area contributed by atoms with Crippen LogP contribution in [0.25, 0.3) is 0 Å². The number of nitrogens with zero attached hydrogens (tertiary/aromatic N) is 2. The quantitative estimate of drug-likeness (QED) is 0.888. The monoisotopic (exact) mass is 329 g/mol. The summed E-state index contributed by atoms with van der Waals surface area (Å²) in [6.45, 7) is 1.86. The zero-order valence-electron chi connectivity index (χ0n) is 14.1. The van der Waals surface area contributed by atoms with Crippen LogP contribution in [-0.4, -0.2) is 48.4 Å². The smallest absolute Gasteiger partial charge is 0.259 e. The number of fused-ring (bicyclic) bond motifs is 1. The van der Waals surface area contributed by atoms with E-state index in [4.69, 9.17) is 4.74 Å². The third kappa shape index (κ3) is 2.36. The van der Waals surface area contributed by atoms with Gasteiger partial charge in [0.25, 0.3) is 5.91 Å². The van der Waals surface area contributed by atoms with E-state index in [2.05, 4.69) is 10.3 Å². The van der Waals surface area contributed by atoms with Crippen molar-refractivity contribution < 1.29 is 14.3 Å². The summed E-state index contributed by atoms with van der Waals surface area (Å²) in [7, 11) is 1.56. The molecular weight excluding hydrogens is 306 g/mol. The number of hydrogen-bond acceptors (Lipinski definition) is 4. The summed E-state index contributed by atoms with van der Waals surface area (Å²) in [5.74, 6) is 0.446. The van der Waals surface area contributed by atoms with Crippen molar-refractivity contribution in [2.24, 2.45) is 5.41 Å². The van der Waals surface area contributed by atoms with Crippen LogP contribution >= 0.6 is 0 Å². The molecule has 2 fully saturated rings. The van der Waals surface area contributed by atoms with Gasteiger partial charge in [-0.1, -0.05) is 0 Å². The van der Waals surface area contributed by atoms with Crippen molar-refractivity contribution >= 4 is 11.8 Å². The molecule has 0 bridgehead atoms. The molecule has 1 aromatic heterocycles. The van der Waals surface area contributed by atoms with Crippen molar-refractivity contribution in [3.63, 3.8) is 0 Å². The molecule has 2 amide bonds. The maximum Gasteiger partial charge on any atom is 0.259 e. The number of pyridine rings is 1. The third-order valence-electron chi connectivity index (χ3n) is 5.68. The highest BCUT2D eigenvalue weighted by molar-refractivity contribution is 5.97. The lowest BCUT2D eigenvalue weighted by atomic mass is 9.79. The van der Waals surface area contributed by atoms with E-state index in [9.17, 15) is 9.59 Å². The van der Waals surface area contributed by atoms with Crippen LogP contribution in [0.15, 0.2) is 6.07 Å². The molecule has 1 aromatic rings. The summed E-state index contributed by atoms with van der Waals surface area (Å²) in [5, 5.41) is 2.96. The molecule has 1 atom stereocenters. The molecule has 128 valence electrons. The van der Waals surface area contributed by atoms with Gasteiger partial charge >= 0.3 is 0 Å². The van der Waals surface area contributed by atoms with E-state index in [0.717, 1.165) is 56.3 Å². The van der Waals surface area contributed by atoms with E-state index in [1.165, 1.54) is 0 Å². The largest absolute Gasteiger partial charge is 0.480 e. The molecule has 0 saturated carbocycles. The van der Waals surface area contributed by atoms with Crippen molar-refractivity contribution in [1.82, 2.24) is 15.2 Å². The molecule has 1 aliphatic carbocycles. The summed E-state index contributed by atoms with van der Waals surface area (Å²) >= 11 is 0. The fourth-order valence-corrected chi connectivity index (χ4v) is 4.30. The first kappa shape index (κ1) is 15.4. The number of ether oxygens (including phenoxy) is 1. The molecule has 3 aliphatic rings. The summed E-state index contributed by atoms with van der Waals surface area (Å²) in [4.78, 5) is 31.7. The molecule has 6 nitrogen and oxygen atoms in total. The number of aryl methyl sites for hydroxylation is 2. The van der Waals surface area contributed by atoms with E-state index >= 15 is 0 Å². The number of likely N-dealkylation sites (tertiary alicyclic amines) is 1. The minimum atomic E-state index is -0.398. The van der Waals surface area contributed by atoms with Gasteiger partial charge in [0.1, 0.15) is 5.56 Å².